The first-order valence-electron chi connectivity index (χ1n) is 8.24. The Hall–Kier alpha value is -1.02. The number of hydrogen-bond donors (Lipinski definition) is 1. The lowest BCUT2D eigenvalue weighted by Gasteiger charge is -2.13. The standard InChI is InChI=1S/C18H31NO/c1-4-6-7-8-9-10-15-20-18-13-11-17(12-14-18)16(3)19-5-2/h11-14,16,19H,4-10,15H2,1-3H3. The maximum absolute atomic E-state index is 5.79. The molecular weight excluding hydrogens is 246 g/mol. The van der Waals surface area contributed by atoms with Gasteiger partial charge in [-0.05, 0) is 37.6 Å². The maximum Gasteiger partial charge on any atom is 0.119 e. The molecule has 2 heteroatoms. The predicted octanol–water partition coefficient (Wildman–Crippen LogP) is 5.10. The maximum atomic E-state index is 5.79. The topological polar surface area (TPSA) is 21.3 Å². The molecule has 0 fully saturated rings. The zero-order chi connectivity index (χ0) is 14.6. The third kappa shape index (κ3) is 6.95. The molecule has 0 aliphatic carbocycles. The van der Waals surface area contributed by atoms with E-state index in [9.17, 15) is 0 Å². The highest BCUT2D eigenvalue weighted by atomic mass is 16.5. The lowest BCUT2D eigenvalue weighted by atomic mass is 10.1. The molecule has 1 aromatic carbocycles. The van der Waals surface area contributed by atoms with Crippen LogP contribution in [0.2, 0.25) is 0 Å². The molecule has 0 aliphatic heterocycles. The number of hydrogen-bond acceptors (Lipinski definition) is 2. The van der Waals surface area contributed by atoms with E-state index >= 15 is 0 Å². The van der Waals surface area contributed by atoms with Gasteiger partial charge in [-0.3, -0.25) is 0 Å². The number of ether oxygens (including phenoxy) is 1. The van der Waals surface area contributed by atoms with Gasteiger partial charge in [-0.1, -0.05) is 58.1 Å². The van der Waals surface area contributed by atoms with Gasteiger partial charge in [0.15, 0.2) is 0 Å². The fourth-order valence-electron chi connectivity index (χ4n) is 2.35. The van der Waals surface area contributed by atoms with E-state index in [1.165, 1.54) is 44.1 Å². The van der Waals surface area contributed by atoms with E-state index in [1.54, 1.807) is 0 Å². The summed E-state index contributed by atoms with van der Waals surface area (Å²) in [6.45, 7) is 8.42. The molecule has 2 nitrogen and oxygen atoms in total. The Morgan fingerprint density at radius 2 is 1.60 bits per heavy atom. The lowest BCUT2D eigenvalue weighted by molar-refractivity contribution is 0.304. The predicted molar refractivity (Wildman–Crippen MR) is 87.4 cm³/mol. The van der Waals surface area contributed by atoms with Crippen LogP contribution in [0, 0.1) is 0 Å². The quantitative estimate of drug-likeness (QED) is 0.568. The molecule has 0 bridgehead atoms. The van der Waals surface area contributed by atoms with Crippen molar-refractivity contribution in [2.24, 2.45) is 0 Å². The van der Waals surface area contributed by atoms with Crippen molar-refractivity contribution in [2.45, 2.75) is 65.3 Å². The van der Waals surface area contributed by atoms with Crippen LogP contribution in [0.5, 0.6) is 5.75 Å². The van der Waals surface area contributed by atoms with Gasteiger partial charge in [-0.15, -0.1) is 0 Å². The van der Waals surface area contributed by atoms with Gasteiger partial charge in [-0.2, -0.15) is 0 Å². The van der Waals surface area contributed by atoms with Crippen LogP contribution in [0.3, 0.4) is 0 Å². The van der Waals surface area contributed by atoms with E-state index < -0.39 is 0 Å². The third-order valence-electron chi connectivity index (χ3n) is 3.66. The molecule has 1 aromatic rings. The van der Waals surface area contributed by atoms with E-state index in [-0.39, 0.29) is 0 Å². The molecule has 1 unspecified atom stereocenters. The summed E-state index contributed by atoms with van der Waals surface area (Å²) in [7, 11) is 0. The summed E-state index contributed by atoms with van der Waals surface area (Å²) in [6, 6.07) is 8.89. The van der Waals surface area contributed by atoms with Gasteiger partial charge >= 0.3 is 0 Å². The van der Waals surface area contributed by atoms with Crippen molar-refractivity contribution in [2.75, 3.05) is 13.2 Å². The van der Waals surface area contributed by atoms with E-state index in [4.69, 9.17) is 4.74 Å². The van der Waals surface area contributed by atoms with E-state index in [1.807, 2.05) is 0 Å². The zero-order valence-electron chi connectivity index (χ0n) is 13.5. The first-order valence-corrected chi connectivity index (χ1v) is 8.24. The SMILES string of the molecule is CCCCCCCCOc1ccc(C(C)NCC)cc1. The molecule has 0 amide bonds. The Labute approximate surface area is 124 Å². The molecule has 114 valence electrons. The second kappa shape index (κ2) is 10.7. The molecule has 0 saturated heterocycles. The van der Waals surface area contributed by atoms with Gasteiger partial charge in [0.05, 0.1) is 6.61 Å². The Kier molecular flexibility index (Phi) is 9.14. The van der Waals surface area contributed by atoms with Gasteiger partial charge < -0.3 is 10.1 Å². The summed E-state index contributed by atoms with van der Waals surface area (Å²) < 4.78 is 5.79. The summed E-state index contributed by atoms with van der Waals surface area (Å²) in [5.74, 6) is 0.992. The van der Waals surface area contributed by atoms with Gasteiger partial charge in [-0.25, -0.2) is 0 Å². The molecule has 0 spiro atoms. The van der Waals surface area contributed by atoms with Crippen molar-refractivity contribution >= 4 is 0 Å². The minimum absolute atomic E-state index is 0.410. The van der Waals surface area contributed by atoms with Crippen molar-refractivity contribution in [3.8, 4) is 5.75 Å². The normalized spacial score (nSPS) is 12.3. The summed E-state index contributed by atoms with van der Waals surface area (Å²) in [4.78, 5) is 0. The minimum Gasteiger partial charge on any atom is -0.494 e. The van der Waals surface area contributed by atoms with Gasteiger partial charge in [0.25, 0.3) is 0 Å². The van der Waals surface area contributed by atoms with Gasteiger partial charge in [0, 0.05) is 6.04 Å². The van der Waals surface area contributed by atoms with Crippen LogP contribution >= 0.6 is 0 Å². The van der Waals surface area contributed by atoms with Crippen LogP contribution in [0.15, 0.2) is 24.3 Å². The summed E-state index contributed by atoms with van der Waals surface area (Å²) in [5.41, 5.74) is 1.32. The van der Waals surface area contributed by atoms with Crippen molar-refractivity contribution in [3.63, 3.8) is 0 Å². The smallest absolute Gasteiger partial charge is 0.119 e. The second-order valence-electron chi connectivity index (χ2n) is 5.46. The fraction of sp³-hybridized carbons (Fsp3) is 0.667. The van der Waals surface area contributed by atoms with E-state index in [0.717, 1.165) is 18.9 Å². The van der Waals surface area contributed by atoms with E-state index in [2.05, 4.69) is 50.4 Å². The van der Waals surface area contributed by atoms with Crippen LogP contribution in [0.1, 0.15) is 70.9 Å². The van der Waals surface area contributed by atoms with Crippen LogP contribution in [0.4, 0.5) is 0 Å². The summed E-state index contributed by atoms with van der Waals surface area (Å²) >= 11 is 0. The highest BCUT2D eigenvalue weighted by Crippen LogP contribution is 2.18. The number of nitrogens with one attached hydrogen (secondary N) is 1. The summed E-state index contributed by atoms with van der Waals surface area (Å²) in [5, 5.41) is 3.42. The fourth-order valence-corrected chi connectivity index (χ4v) is 2.35. The Morgan fingerprint density at radius 1 is 0.950 bits per heavy atom. The molecule has 1 rings (SSSR count). The third-order valence-corrected chi connectivity index (χ3v) is 3.66. The number of benzene rings is 1. The first kappa shape index (κ1) is 17.0. The Balaban J connectivity index is 2.18. The highest BCUT2D eigenvalue weighted by molar-refractivity contribution is 5.28. The zero-order valence-corrected chi connectivity index (χ0v) is 13.5. The first-order chi connectivity index (χ1) is 9.77. The minimum atomic E-state index is 0.410. The monoisotopic (exact) mass is 277 g/mol. The van der Waals surface area contributed by atoms with Crippen molar-refractivity contribution in [3.05, 3.63) is 29.8 Å². The number of unbranched alkanes of at least 4 members (excludes halogenated alkanes) is 5. The molecule has 0 aromatic heterocycles. The molecule has 1 atom stereocenters. The highest BCUT2D eigenvalue weighted by Gasteiger charge is 2.03. The van der Waals surface area contributed by atoms with Crippen molar-refractivity contribution in [1.82, 2.24) is 5.32 Å². The molecule has 0 saturated carbocycles. The van der Waals surface area contributed by atoms with Gasteiger partial charge in [0.2, 0.25) is 0 Å². The Morgan fingerprint density at radius 3 is 2.25 bits per heavy atom. The second-order valence-corrected chi connectivity index (χ2v) is 5.46. The average Bonchev–Trinajstić information content (AvgIpc) is 2.47. The molecular formula is C18H31NO. The van der Waals surface area contributed by atoms with Crippen molar-refractivity contribution in [1.29, 1.82) is 0 Å². The number of rotatable bonds is 11. The lowest BCUT2D eigenvalue weighted by Crippen LogP contribution is -2.17. The molecule has 0 heterocycles. The molecule has 1 N–H and O–H groups in total. The van der Waals surface area contributed by atoms with Crippen molar-refractivity contribution < 1.29 is 4.74 Å². The Bertz CT molecular complexity index is 334. The van der Waals surface area contributed by atoms with Crippen LogP contribution in [-0.4, -0.2) is 13.2 Å². The van der Waals surface area contributed by atoms with Crippen LogP contribution in [-0.2, 0) is 0 Å². The van der Waals surface area contributed by atoms with Gasteiger partial charge in [0.1, 0.15) is 5.75 Å². The molecule has 20 heavy (non-hydrogen) atoms. The molecule has 0 aliphatic rings. The van der Waals surface area contributed by atoms with Crippen LogP contribution in [0.25, 0.3) is 0 Å². The van der Waals surface area contributed by atoms with Crippen LogP contribution < -0.4 is 10.1 Å². The average molecular weight is 277 g/mol. The summed E-state index contributed by atoms with van der Waals surface area (Å²) in [6.07, 6.45) is 7.85. The largest absolute Gasteiger partial charge is 0.494 e. The molecule has 0 radical (unpaired) electrons. The van der Waals surface area contributed by atoms with E-state index in [0.29, 0.717) is 6.04 Å².